The van der Waals surface area contributed by atoms with E-state index < -0.39 is 17.6 Å². The molecule has 2 amide bonds. The lowest BCUT2D eigenvalue weighted by Gasteiger charge is -2.25. The number of benzene rings is 3. The third kappa shape index (κ3) is 3.94. The molecule has 0 saturated carbocycles. The molecule has 0 spiro atoms. The van der Waals surface area contributed by atoms with Crippen LogP contribution < -0.4 is 4.90 Å². The summed E-state index contributed by atoms with van der Waals surface area (Å²) in [5.74, 6) is -1.21. The van der Waals surface area contributed by atoms with Crippen molar-refractivity contribution in [3.05, 3.63) is 107 Å². The molecule has 1 heterocycles. The minimum Gasteiger partial charge on any atom is -0.362 e. The number of rotatable bonds is 6. The maximum absolute atomic E-state index is 13.7. The van der Waals surface area contributed by atoms with Gasteiger partial charge in [0.1, 0.15) is 11.5 Å². The van der Waals surface area contributed by atoms with Gasteiger partial charge in [-0.1, -0.05) is 54.1 Å². The van der Waals surface area contributed by atoms with Gasteiger partial charge < -0.3 is 4.90 Å². The molecule has 0 radical (unpaired) electrons. The maximum atomic E-state index is 13.7. The molecule has 0 unspecified atom stereocenters. The molecule has 0 fully saturated rings. The van der Waals surface area contributed by atoms with Gasteiger partial charge in [-0.2, -0.15) is 0 Å². The molecule has 0 aromatic heterocycles. The number of nitrogens with zero attached hydrogens (tertiary/aromatic N) is 2. The van der Waals surface area contributed by atoms with Gasteiger partial charge in [-0.3, -0.25) is 9.59 Å². The van der Waals surface area contributed by atoms with E-state index in [9.17, 15) is 14.0 Å². The molecular formula is C27H25FN2O2. The molecule has 0 atom stereocenters. The van der Waals surface area contributed by atoms with Crippen molar-refractivity contribution in [2.45, 2.75) is 27.3 Å². The summed E-state index contributed by atoms with van der Waals surface area (Å²) in [6.45, 7) is 6.95. The summed E-state index contributed by atoms with van der Waals surface area (Å²) in [6.07, 6.45) is 0. The number of carbonyl (C=O) groups excluding carboxylic acids is 2. The smallest absolute Gasteiger partial charge is 0.282 e. The normalized spacial score (nSPS) is 13.8. The summed E-state index contributed by atoms with van der Waals surface area (Å²) in [6, 6.07) is 21.1. The molecule has 4 rings (SSSR count). The molecule has 1 aliphatic rings. The summed E-state index contributed by atoms with van der Waals surface area (Å²) in [7, 11) is 0. The lowest BCUT2D eigenvalue weighted by Crippen LogP contribution is -2.35. The molecule has 5 heteroatoms. The van der Waals surface area contributed by atoms with Crippen LogP contribution in [0.2, 0.25) is 0 Å². The van der Waals surface area contributed by atoms with Gasteiger partial charge in [-0.05, 0) is 61.7 Å². The molecule has 0 saturated heterocycles. The van der Waals surface area contributed by atoms with Crippen molar-refractivity contribution in [1.82, 2.24) is 4.90 Å². The number of hydrogen-bond donors (Lipinski definition) is 0. The Morgan fingerprint density at radius 2 is 1.56 bits per heavy atom. The predicted molar refractivity (Wildman–Crippen MR) is 124 cm³/mol. The summed E-state index contributed by atoms with van der Waals surface area (Å²) in [4.78, 5) is 30.4. The first-order valence-electron chi connectivity index (χ1n) is 10.7. The minimum absolute atomic E-state index is 0.356. The van der Waals surface area contributed by atoms with E-state index in [1.165, 1.54) is 24.3 Å². The van der Waals surface area contributed by atoms with Crippen LogP contribution in [0.4, 0.5) is 10.1 Å². The molecule has 4 nitrogen and oxygen atoms in total. The van der Waals surface area contributed by atoms with E-state index in [-0.39, 0.29) is 0 Å². The van der Waals surface area contributed by atoms with Crippen LogP contribution in [0.15, 0.2) is 78.5 Å². The first-order chi connectivity index (χ1) is 15.4. The highest BCUT2D eigenvalue weighted by Gasteiger charge is 2.42. The number of carbonyl (C=O) groups is 2. The standard InChI is InChI=1S/C27H25FN2O2/c1-4-29(17-20-8-6-5-7-9-20)25-24(23-15-10-18(2)16-19(23)3)26(31)30(27(25)32)22-13-11-21(28)12-14-22/h5-16H,4,17H2,1-3H3. The first kappa shape index (κ1) is 21.5. The Labute approximate surface area is 187 Å². The monoisotopic (exact) mass is 428 g/mol. The molecule has 0 bridgehead atoms. The molecule has 1 aliphatic heterocycles. The number of anilines is 1. The van der Waals surface area contributed by atoms with Crippen LogP contribution in [0.5, 0.6) is 0 Å². The zero-order valence-corrected chi connectivity index (χ0v) is 18.4. The third-order valence-electron chi connectivity index (χ3n) is 5.71. The SMILES string of the molecule is CCN(Cc1ccccc1)C1=C(c2ccc(C)cc2C)C(=O)N(c2ccc(F)cc2)C1=O. The van der Waals surface area contributed by atoms with Crippen molar-refractivity contribution in [2.24, 2.45) is 0 Å². The van der Waals surface area contributed by atoms with Gasteiger partial charge in [0.05, 0.1) is 11.3 Å². The number of halogens is 1. The zero-order chi connectivity index (χ0) is 22.8. The third-order valence-corrected chi connectivity index (χ3v) is 5.71. The van der Waals surface area contributed by atoms with E-state index in [1.54, 1.807) is 0 Å². The Kier molecular flexibility index (Phi) is 5.91. The van der Waals surface area contributed by atoms with Crippen LogP contribution in [-0.4, -0.2) is 23.3 Å². The second-order valence-electron chi connectivity index (χ2n) is 7.96. The number of imide groups is 1. The highest BCUT2D eigenvalue weighted by molar-refractivity contribution is 6.45. The van der Waals surface area contributed by atoms with Gasteiger partial charge in [-0.25, -0.2) is 9.29 Å². The van der Waals surface area contributed by atoms with Gasteiger partial charge in [0.25, 0.3) is 11.8 Å². The van der Waals surface area contributed by atoms with Gasteiger partial charge in [0.15, 0.2) is 0 Å². The Bertz CT molecular complexity index is 1200. The topological polar surface area (TPSA) is 40.6 Å². The van der Waals surface area contributed by atoms with Crippen LogP contribution in [-0.2, 0) is 16.1 Å². The highest BCUT2D eigenvalue weighted by Crippen LogP contribution is 2.36. The largest absolute Gasteiger partial charge is 0.362 e. The van der Waals surface area contributed by atoms with Gasteiger partial charge in [-0.15, -0.1) is 0 Å². The molecular weight excluding hydrogens is 403 g/mol. The number of aryl methyl sites for hydroxylation is 2. The van der Waals surface area contributed by atoms with Crippen molar-refractivity contribution in [1.29, 1.82) is 0 Å². The predicted octanol–water partition coefficient (Wildman–Crippen LogP) is 5.25. The van der Waals surface area contributed by atoms with Crippen LogP contribution in [0.1, 0.15) is 29.2 Å². The second-order valence-corrected chi connectivity index (χ2v) is 7.96. The van der Waals surface area contributed by atoms with Gasteiger partial charge in [0.2, 0.25) is 0 Å². The summed E-state index contributed by atoms with van der Waals surface area (Å²) in [5, 5.41) is 0. The molecule has 3 aromatic carbocycles. The van der Waals surface area contributed by atoms with Crippen LogP contribution in [0.25, 0.3) is 5.57 Å². The van der Waals surface area contributed by atoms with Crippen LogP contribution in [0.3, 0.4) is 0 Å². The highest BCUT2D eigenvalue weighted by atomic mass is 19.1. The molecule has 162 valence electrons. The van der Waals surface area contributed by atoms with E-state index in [1.807, 2.05) is 74.2 Å². The first-order valence-corrected chi connectivity index (χ1v) is 10.7. The van der Waals surface area contributed by atoms with Crippen molar-refractivity contribution in [3.8, 4) is 0 Å². The van der Waals surface area contributed by atoms with Crippen LogP contribution >= 0.6 is 0 Å². The lowest BCUT2D eigenvalue weighted by atomic mass is 9.97. The molecule has 3 aromatic rings. The Balaban J connectivity index is 1.86. The van der Waals surface area contributed by atoms with E-state index in [0.717, 1.165) is 27.2 Å². The average molecular weight is 429 g/mol. The maximum Gasteiger partial charge on any atom is 0.282 e. The Morgan fingerprint density at radius 3 is 2.19 bits per heavy atom. The van der Waals surface area contributed by atoms with E-state index in [2.05, 4.69) is 0 Å². The Hall–Kier alpha value is -3.73. The molecule has 0 aliphatic carbocycles. The lowest BCUT2D eigenvalue weighted by molar-refractivity contribution is -0.120. The van der Waals surface area contributed by atoms with Crippen molar-refractivity contribution >= 4 is 23.1 Å². The number of amides is 2. The molecule has 32 heavy (non-hydrogen) atoms. The zero-order valence-electron chi connectivity index (χ0n) is 18.4. The quantitative estimate of drug-likeness (QED) is 0.504. The van der Waals surface area contributed by atoms with Gasteiger partial charge in [0, 0.05) is 13.1 Å². The van der Waals surface area contributed by atoms with Crippen LogP contribution in [0, 0.1) is 19.7 Å². The minimum atomic E-state index is -0.421. The summed E-state index contributed by atoms with van der Waals surface area (Å²) < 4.78 is 13.5. The van der Waals surface area contributed by atoms with Crippen molar-refractivity contribution in [3.63, 3.8) is 0 Å². The molecule has 0 N–H and O–H groups in total. The van der Waals surface area contributed by atoms with Crippen molar-refractivity contribution in [2.75, 3.05) is 11.4 Å². The fourth-order valence-corrected chi connectivity index (χ4v) is 4.13. The Morgan fingerprint density at radius 1 is 0.875 bits per heavy atom. The van der Waals surface area contributed by atoms with Crippen molar-refractivity contribution < 1.29 is 14.0 Å². The fourth-order valence-electron chi connectivity index (χ4n) is 4.13. The fraction of sp³-hybridized carbons (Fsp3) is 0.185. The number of likely N-dealkylation sites (N-methyl/N-ethyl adjacent to an activating group) is 1. The van der Waals surface area contributed by atoms with E-state index in [4.69, 9.17) is 0 Å². The summed E-state index contributed by atoms with van der Waals surface area (Å²) >= 11 is 0. The summed E-state index contributed by atoms with van der Waals surface area (Å²) in [5.41, 5.74) is 4.90. The van der Waals surface area contributed by atoms with E-state index >= 15 is 0 Å². The second kappa shape index (κ2) is 8.79. The van der Waals surface area contributed by atoms with Gasteiger partial charge >= 0.3 is 0 Å². The average Bonchev–Trinajstić information content (AvgIpc) is 3.03. The van der Waals surface area contributed by atoms with E-state index in [0.29, 0.717) is 30.0 Å². The number of hydrogen-bond acceptors (Lipinski definition) is 3.